The number of hydrogen-bond donors (Lipinski definition) is 2. The van der Waals surface area contributed by atoms with Crippen LogP contribution < -0.4 is 10.2 Å². The molecule has 20 heavy (non-hydrogen) atoms. The maximum atomic E-state index is 10.6. The van der Waals surface area contributed by atoms with Crippen molar-refractivity contribution in [2.45, 2.75) is 52.1 Å². The molecule has 0 bridgehead atoms. The fraction of sp³-hybridized carbons (Fsp3) is 0.733. The van der Waals surface area contributed by atoms with Crippen LogP contribution in [-0.4, -0.2) is 40.8 Å². The Bertz CT molecular complexity index is 469. The number of aromatic nitrogens is 2. The van der Waals surface area contributed by atoms with Gasteiger partial charge in [0, 0.05) is 25.7 Å². The first-order valence-electron chi connectivity index (χ1n) is 7.48. The highest BCUT2D eigenvalue weighted by atomic mass is 16.3. The summed E-state index contributed by atoms with van der Waals surface area (Å²) < 4.78 is 0. The van der Waals surface area contributed by atoms with Crippen LogP contribution in [-0.2, 0) is 0 Å². The molecule has 1 aromatic rings. The van der Waals surface area contributed by atoms with Gasteiger partial charge < -0.3 is 15.3 Å². The SMILES string of the molecule is CCNc1nc(C)nc(N(C)CC2(O)CCCC2)c1C. The van der Waals surface area contributed by atoms with E-state index in [0.29, 0.717) is 6.54 Å². The molecule has 0 amide bonds. The molecule has 112 valence electrons. The number of aliphatic hydroxyl groups is 1. The van der Waals surface area contributed by atoms with E-state index in [1.54, 1.807) is 0 Å². The van der Waals surface area contributed by atoms with Gasteiger partial charge in [0.05, 0.1) is 5.60 Å². The summed E-state index contributed by atoms with van der Waals surface area (Å²) in [6, 6.07) is 0. The van der Waals surface area contributed by atoms with Crippen molar-refractivity contribution in [3.8, 4) is 0 Å². The number of rotatable bonds is 5. The van der Waals surface area contributed by atoms with Gasteiger partial charge in [0.1, 0.15) is 17.5 Å². The zero-order chi connectivity index (χ0) is 14.8. The van der Waals surface area contributed by atoms with E-state index in [1.165, 1.54) is 0 Å². The minimum absolute atomic E-state index is 0.557. The van der Waals surface area contributed by atoms with Crippen molar-refractivity contribution >= 4 is 11.6 Å². The van der Waals surface area contributed by atoms with Crippen molar-refractivity contribution in [2.24, 2.45) is 0 Å². The van der Waals surface area contributed by atoms with E-state index in [-0.39, 0.29) is 0 Å². The zero-order valence-corrected chi connectivity index (χ0v) is 13.0. The molecule has 1 aliphatic carbocycles. The van der Waals surface area contributed by atoms with Crippen molar-refractivity contribution in [3.05, 3.63) is 11.4 Å². The van der Waals surface area contributed by atoms with E-state index in [1.807, 2.05) is 20.9 Å². The van der Waals surface area contributed by atoms with E-state index in [0.717, 1.165) is 55.3 Å². The molecule has 1 aromatic heterocycles. The summed E-state index contributed by atoms with van der Waals surface area (Å²) in [6.07, 6.45) is 4.02. The lowest BCUT2D eigenvalue weighted by Crippen LogP contribution is -2.40. The Morgan fingerprint density at radius 1 is 1.25 bits per heavy atom. The molecule has 0 radical (unpaired) electrons. The smallest absolute Gasteiger partial charge is 0.137 e. The highest BCUT2D eigenvalue weighted by molar-refractivity contribution is 5.58. The summed E-state index contributed by atoms with van der Waals surface area (Å²) in [5.41, 5.74) is 0.486. The second-order valence-corrected chi connectivity index (χ2v) is 5.89. The lowest BCUT2D eigenvalue weighted by atomic mass is 10.0. The Kier molecular flexibility index (Phi) is 4.48. The van der Waals surface area contributed by atoms with Gasteiger partial charge in [-0.2, -0.15) is 0 Å². The predicted molar refractivity (Wildman–Crippen MR) is 82.4 cm³/mol. The van der Waals surface area contributed by atoms with Crippen LogP contribution in [0.2, 0.25) is 0 Å². The largest absolute Gasteiger partial charge is 0.388 e. The number of nitrogens with zero attached hydrogens (tertiary/aromatic N) is 3. The molecule has 0 atom stereocenters. The van der Waals surface area contributed by atoms with Crippen molar-refractivity contribution in [2.75, 3.05) is 30.4 Å². The molecule has 1 fully saturated rings. The van der Waals surface area contributed by atoms with Gasteiger partial charge in [0.25, 0.3) is 0 Å². The number of anilines is 2. The molecule has 0 aromatic carbocycles. The van der Waals surface area contributed by atoms with Crippen LogP contribution in [0.25, 0.3) is 0 Å². The van der Waals surface area contributed by atoms with Crippen LogP contribution in [0.3, 0.4) is 0 Å². The summed E-state index contributed by atoms with van der Waals surface area (Å²) >= 11 is 0. The Balaban J connectivity index is 2.22. The molecule has 0 unspecified atom stereocenters. The lowest BCUT2D eigenvalue weighted by molar-refractivity contribution is 0.0557. The summed E-state index contributed by atoms with van der Waals surface area (Å²) in [4.78, 5) is 11.1. The summed E-state index contributed by atoms with van der Waals surface area (Å²) in [5, 5.41) is 13.8. The second kappa shape index (κ2) is 5.95. The van der Waals surface area contributed by atoms with Crippen LogP contribution in [0.1, 0.15) is 44.0 Å². The minimum atomic E-state index is -0.557. The molecular weight excluding hydrogens is 252 g/mol. The van der Waals surface area contributed by atoms with Gasteiger partial charge in [0.2, 0.25) is 0 Å². The highest BCUT2D eigenvalue weighted by Crippen LogP contribution is 2.32. The highest BCUT2D eigenvalue weighted by Gasteiger charge is 2.33. The molecule has 0 spiro atoms. The molecule has 2 N–H and O–H groups in total. The van der Waals surface area contributed by atoms with Gasteiger partial charge in [-0.3, -0.25) is 0 Å². The van der Waals surface area contributed by atoms with Crippen LogP contribution in [0.4, 0.5) is 11.6 Å². The van der Waals surface area contributed by atoms with Crippen LogP contribution in [0.5, 0.6) is 0 Å². The molecular formula is C15H26N4O. The van der Waals surface area contributed by atoms with E-state index in [2.05, 4.69) is 27.1 Å². The van der Waals surface area contributed by atoms with Crippen molar-refractivity contribution in [1.82, 2.24) is 9.97 Å². The first kappa shape index (κ1) is 15.0. The standard InChI is InChI=1S/C15H26N4O/c1-5-16-13-11(2)14(18-12(3)17-13)19(4)10-15(20)8-6-7-9-15/h20H,5-10H2,1-4H3,(H,16,17,18). The van der Waals surface area contributed by atoms with Gasteiger partial charge >= 0.3 is 0 Å². The van der Waals surface area contributed by atoms with E-state index >= 15 is 0 Å². The third-order valence-corrected chi connectivity index (χ3v) is 4.00. The molecule has 5 nitrogen and oxygen atoms in total. The fourth-order valence-electron chi connectivity index (χ4n) is 3.03. The van der Waals surface area contributed by atoms with E-state index in [9.17, 15) is 5.11 Å². The fourth-order valence-corrected chi connectivity index (χ4v) is 3.03. The lowest BCUT2D eigenvalue weighted by Gasteiger charge is -2.30. The summed E-state index contributed by atoms with van der Waals surface area (Å²) in [7, 11) is 2.00. The Hall–Kier alpha value is -1.36. The maximum Gasteiger partial charge on any atom is 0.137 e. The van der Waals surface area contributed by atoms with Crippen LogP contribution in [0.15, 0.2) is 0 Å². The van der Waals surface area contributed by atoms with Gasteiger partial charge in [0.15, 0.2) is 0 Å². The van der Waals surface area contributed by atoms with E-state index in [4.69, 9.17) is 0 Å². The van der Waals surface area contributed by atoms with Gasteiger partial charge in [-0.1, -0.05) is 12.8 Å². The third-order valence-electron chi connectivity index (χ3n) is 4.00. The molecule has 0 saturated heterocycles. The predicted octanol–water partition coefficient (Wildman–Crippen LogP) is 2.27. The summed E-state index contributed by atoms with van der Waals surface area (Å²) in [6.45, 7) is 7.46. The molecule has 0 aliphatic heterocycles. The normalized spacial score (nSPS) is 17.2. The van der Waals surface area contributed by atoms with Crippen LogP contribution in [0, 0.1) is 13.8 Å². The Morgan fingerprint density at radius 3 is 2.50 bits per heavy atom. The maximum absolute atomic E-state index is 10.6. The monoisotopic (exact) mass is 278 g/mol. The van der Waals surface area contributed by atoms with Crippen molar-refractivity contribution in [3.63, 3.8) is 0 Å². The average Bonchev–Trinajstić information content (AvgIpc) is 2.80. The van der Waals surface area contributed by atoms with E-state index < -0.39 is 5.60 Å². The quantitative estimate of drug-likeness (QED) is 0.865. The first-order chi connectivity index (χ1) is 9.45. The van der Waals surface area contributed by atoms with Gasteiger partial charge in [-0.05, 0) is 33.6 Å². The van der Waals surface area contributed by atoms with Gasteiger partial charge in [-0.25, -0.2) is 9.97 Å². The van der Waals surface area contributed by atoms with Gasteiger partial charge in [-0.15, -0.1) is 0 Å². The second-order valence-electron chi connectivity index (χ2n) is 5.89. The van der Waals surface area contributed by atoms with Crippen LogP contribution >= 0.6 is 0 Å². The molecule has 1 aliphatic rings. The van der Waals surface area contributed by atoms with Crippen molar-refractivity contribution < 1.29 is 5.11 Å². The summed E-state index contributed by atoms with van der Waals surface area (Å²) in [5.74, 6) is 2.56. The molecule has 2 rings (SSSR count). The zero-order valence-electron chi connectivity index (χ0n) is 13.0. The number of aryl methyl sites for hydroxylation is 1. The molecule has 1 saturated carbocycles. The topological polar surface area (TPSA) is 61.3 Å². The number of nitrogens with one attached hydrogen (secondary N) is 1. The van der Waals surface area contributed by atoms with Crippen molar-refractivity contribution in [1.29, 1.82) is 0 Å². The molecule has 1 heterocycles. The third kappa shape index (κ3) is 3.20. The Morgan fingerprint density at radius 2 is 1.90 bits per heavy atom. The first-order valence-corrected chi connectivity index (χ1v) is 7.48. The Labute approximate surface area is 121 Å². The average molecular weight is 278 g/mol. The number of likely N-dealkylation sites (N-methyl/N-ethyl adjacent to an activating group) is 1. The minimum Gasteiger partial charge on any atom is -0.388 e. The number of hydrogen-bond acceptors (Lipinski definition) is 5. The molecule has 5 heteroatoms.